The molecule has 3 aromatic rings. The monoisotopic (exact) mass is 356 g/mol. The second-order valence-electron chi connectivity index (χ2n) is 6.10. The number of hydrogen-bond acceptors (Lipinski definition) is 2. The number of carbonyl (C=O) groups excluding carboxylic acids is 2. The minimum absolute atomic E-state index is 0.275. The lowest BCUT2D eigenvalue weighted by atomic mass is 10.1. The average Bonchev–Trinajstić information content (AvgIpc) is 2.67. The standard InChI is InChI=1S/C23H20N2O2/c1-17-8-7-11-19(16-17)24-23(27)20-12-5-6-13-21(20)25-22(26)15-14-18-9-3-2-4-10-18/h2-16H,1H3,(H,24,27)(H,25,26)/b15-14+. The number of carbonyl (C=O) groups is 2. The van der Waals surface area contributed by atoms with E-state index in [1.165, 1.54) is 6.08 Å². The van der Waals surface area contributed by atoms with E-state index in [0.717, 1.165) is 11.1 Å². The van der Waals surface area contributed by atoms with Crippen LogP contribution in [0.1, 0.15) is 21.5 Å². The fraction of sp³-hybridized carbons (Fsp3) is 0.0435. The SMILES string of the molecule is Cc1cccc(NC(=O)c2ccccc2NC(=O)/C=C/c2ccccc2)c1. The number of rotatable bonds is 5. The molecule has 0 radical (unpaired) electrons. The van der Waals surface area contributed by atoms with E-state index < -0.39 is 0 Å². The van der Waals surface area contributed by atoms with Crippen molar-refractivity contribution in [3.05, 3.63) is 102 Å². The van der Waals surface area contributed by atoms with Crippen LogP contribution in [-0.2, 0) is 4.79 Å². The summed E-state index contributed by atoms with van der Waals surface area (Å²) in [5, 5.41) is 5.63. The Hall–Kier alpha value is -3.66. The summed E-state index contributed by atoms with van der Waals surface area (Å²) in [6, 6.07) is 24.0. The first-order chi connectivity index (χ1) is 13.1. The zero-order valence-corrected chi connectivity index (χ0v) is 15.0. The van der Waals surface area contributed by atoms with E-state index in [9.17, 15) is 9.59 Å². The number of benzene rings is 3. The summed E-state index contributed by atoms with van der Waals surface area (Å²) >= 11 is 0. The second-order valence-corrected chi connectivity index (χ2v) is 6.10. The molecule has 0 saturated carbocycles. The third-order valence-electron chi connectivity index (χ3n) is 3.93. The smallest absolute Gasteiger partial charge is 0.257 e. The van der Waals surface area contributed by atoms with Crippen LogP contribution in [0.25, 0.3) is 6.08 Å². The van der Waals surface area contributed by atoms with E-state index in [1.807, 2.05) is 61.5 Å². The van der Waals surface area contributed by atoms with Crippen LogP contribution in [0.15, 0.2) is 84.9 Å². The van der Waals surface area contributed by atoms with E-state index in [4.69, 9.17) is 0 Å². The Morgan fingerprint density at radius 2 is 1.56 bits per heavy atom. The molecule has 134 valence electrons. The summed E-state index contributed by atoms with van der Waals surface area (Å²) in [5.41, 5.74) is 3.56. The van der Waals surface area contributed by atoms with E-state index >= 15 is 0 Å². The molecule has 27 heavy (non-hydrogen) atoms. The zero-order valence-electron chi connectivity index (χ0n) is 15.0. The van der Waals surface area contributed by atoms with Crippen molar-refractivity contribution in [1.29, 1.82) is 0 Å². The van der Waals surface area contributed by atoms with E-state index in [2.05, 4.69) is 10.6 Å². The van der Waals surface area contributed by atoms with E-state index in [0.29, 0.717) is 16.9 Å². The maximum absolute atomic E-state index is 12.6. The molecule has 4 heteroatoms. The molecule has 0 fully saturated rings. The van der Waals surface area contributed by atoms with Crippen LogP contribution < -0.4 is 10.6 Å². The van der Waals surface area contributed by atoms with Crippen molar-refractivity contribution in [2.75, 3.05) is 10.6 Å². The molecule has 0 aliphatic carbocycles. The Kier molecular flexibility index (Phi) is 5.80. The molecule has 0 saturated heterocycles. The van der Waals surface area contributed by atoms with Gasteiger partial charge >= 0.3 is 0 Å². The van der Waals surface area contributed by atoms with Gasteiger partial charge in [-0.1, -0.05) is 54.6 Å². The van der Waals surface area contributed by atoms with Crippen LogP contribution in [0, 0.1) is 6.92 Å². The van der Waals surface area contributed by atoms with Gasteiger partial charge in [0.1, 0.15) is 0 Å². The first-order valence-electron chi connectivity index (χ1n) is 8.63. The van der Waals surface area contributed by atoms with Crippen molar-refractivity contribution < 1.29 is 9.59 Å². The predicted molar refractivity (Wildman–Crippen MR) is 110 cm³/mol. The minimum Gasteiger partial charge on any atom is -0.322 e. The average molecular weight is 356 g/mol. The van der Waals surface area contributed by atoms with E-state index in [1.54, 1.807) is 30.3 Å². The normalized spacial score (nSPS) is 10.6. The molecule has 2 N–H and O–H groups in total. The third-order valence-corrected chi connectivity index (χ3v) is 3.93. The van der Waals surface area contributed by atoms with Crippen molar-refractivity contribution in [1.82, 2.24) is 0 Å². The lowest BCUT2D eigenvalue weighted by Gasteiger charge is -2.11. The molecule has 0 bridgehead atoms. The molecule has 0 aliphatic rings. The maximum Gasteiger partial charge on any atom is 0.257 e. The summed E-state index contributed by atoms with van der Waals surface area (Å²) in [4.78, 5) is 24.9. The molecule has 0 atom stereocenters. The molecule has 0 heterocycles. The van der Waals surface area contributed by atoms with Crippen molar-refractivity contribution >= 4 is 29.3 Å². The molecule has 3 rings (SSSR count). The Balaban J connectivity index is 1.72. The molecule has 0 spiro atoms. The summed E-state index contributed by atoms with van der Waals surface area (Å²) in [7, 11) is 0. The lowest BCUT2D eigenvalue weighted by Crippen LogP contribution is -2.17. The molecule has 0 unspecified atom stereocenters. The van der Waals surface area contributed by atoms with Gasteiger partial charge in [-0.15, -0.1) is 0 Å². The molecule has 3 aromatic carbocycles. The highest BCUT2D eigenvalue weighted by Gasteiger charge is 2.12. The van der Waals surface area contributed by atoms with Gasteiger partial charge in [0.15, 0.2) is 0 Å². The molecule has 2 amide bonds. The molecule has 4 nitrogen and oxygen atoms in total. The Morgan fingerprint density at radius 1 is 0.815 bits per heavy atom. The molecular formula is C23H20N2O2. The Morgan fingerprint density at radius 3 is 2.33 bits per heavy atom. The van der Waals surface area contributed by atoms with Crippen LogP contribution in [-0.4, -0.2) is 11.8 Å². The van der Waals surface area contributed by atoms with Crippen molar-refractivity contribution in [3.63, 3.8) is 0 Å². The quantitative estimate of drug-likeness (QED) is 0.639. The molecule has 0 aliphatic heterocycles. The predicted octanol–water partition coefficient (Wildman–Crippen LogP) is 4.90. The third kappa shape index (κ3) is 5.16. The van der Waals surface area contributed by atoms with Gasteiger partial charge < -0.3 is 10.6 Å². The van der Waals surface area contributed by atoms with Gasteiger partial charge in [0, 0.05) is 11.8 Å². The van der Waals surface area contributed by atoms with Gasteiger partial charge in [-0.05, 0) is 48.4 Å². The molecular weight excluding hydrogens is 336 g/mol. The highest BCUT2D eigenvalue weighted by Crippen LogP contribution is 2.18. The Bertz CT molecular complexity index is 978. The van der Waals surface area contributed by atoms with Crippen LogP contribution in [0.5, 0.6) is 0 Å². The first kappa shape index (κ1) is 18.1. The maximum atomic E-state index is 12.6. The number of amides is 2. The highest BCUT2D eigenvalue weighted by atomic mass is 16.2. The van der Waals surface area contributed by atoms with Gasteiger partial charge in [0.2, 0.25) is 5.91 Å². The number of anilines is 2. The van der Waals surface area contributed by atoms with Crippen LogP contribution in [0.4, 0.5) is 11.4 Å². The summed E-state index contributed by atoms with van der Waals surface area (Å²) < 4.78 is 0. The van der Waals surface area contributed by atoms with Crippen molar-refractivity contribution in [3.8, 4) is 0 Å². The van der Waals surface area contributed by atoms with Gasteiger partial charge in [-0.2, -0.15) is 0 Å². The van der Waals surface area contributed by atoms with Gasteiger partial charge in [-0.25, -0.2) is 0 Å². The summed E-state index contributed by atoms with van der Waals surface area (Å²) in [6.07, 6.45) is 3.18. The number of para-hydroxylation sites is 1. The fourth-order valence-corrected chi connectivity index (χ4v) is 2.62. The number of aryl methyl sites for hydroxylation is 1. The van der Waals surface area contributed by atoms with E-state index in [-0.39, 0.29) is 11.8 Å². The van der Waals surface area contributed by atoms with Crippen molar-refractivity contribution in [2.24, 2.45) is 0 Å². The summed E-state index contributed by atoms with van der Waals surface area (Å²) in [6.45, 7) is 1.96. The topological polar surface area (TPSA) is 58.2 Å². The first-order valence-corrected chi connectivity index (χ1v) is 8.63. The van der Waals surface area contributed by atoms with Crippen LogP contribution >= 0.6 is 0 Å². The van der Waals surface area contributed by atoms with Crippen LogP contribution in [0.2, 0.25) is 0 Å². The second kappa shape index (κ2) is 8.63. The fourth-order valence-electron chi connectivity index (χ4n) is 2.62. The largest absolute Gasteiger partial charge is 0.322 e. The minimum atomic E-state index is -0.297. The Labute approximate surface area is 158 Å². The van der Waals surface area contributed by atoms with Gasteiger partial charge in [0.25, 0.3) is 5.91 Å². The summed E-state index contributed by atoms with van der Waals surface area (Å²) in [5.74, 6) is -0.571. The number of hydrogen-bond donors (Lipinski definition) is 2. The highest BCUT2D eigenvalue weighted by molar-refractivity contribution is 6.11. The van der Waals surface area contributed by atoms with Gasteiger partial charge in [-0.3, -0.25) is 9.59 Å². The van der Waals surface area contributed by atoms with Crippen molar-refractivity contribution in [2.45, 2.75) is 6.92 Å². The molecule has 0 aromatic heterocycles. The number of nitrogens with one attached hydrogen (secondary N) is 2. The van der Waals surface area contributed by atoms with Gasteiger partial charge in [0.05, 0.1) is 11.3 Å². The van der Waals surface area contributed by atoms with Crippen LogP contribution in [0.3, 0.4) is 0 Å². The zero-order chi connectivity index (χ0) is 19.1. The lowest BCUT2D eigenvalue weighted by molar-refractivity contribution is -0.111.